The second-order valence-corrected chi connectivity index (χ2v) is 6.49. The van der Waals surface area contributed by atoms with E-state index in [1.807, 2.05) is 35.8 Å². The molecule has 0 aliphatic carbocycles. The molecule has 0 bridgehead atoms. The number of nitro groups is 1. The molecule has 0 aliphatic rings. The van der Waals surface area contributed by atoms with Gasteiger partial charge in [0.1, 0.15) is 5.01 Å². The molecule has 0 radical (unpaired) electrons. The van der Waals surface area contributed by atoms with Crippen molar-refractivity contribution in [2.24, 2.45) is 0 Å². The minimum atomic E-state index is -0.405. The van der Waals surface area contributed by atoms with Crippen LogP contribution in [0.5, 0.6) is 0 Å². The van der Waals surface area contributed by atoms with Gasteiger partial charge < -0.3 is 0 Å². The van der Waals surface area contributed by atoms with Crippen LogP contribution in [-0.2, 0) is 0 Å². The van der Waals surface area contributed by atoms with E-state index in [0.717, 1.165) is 33.0 Å². The van der Waals surface area contributed by atoms with E-state index in [4.69, 9.17) is 4.98 Å². The Hall–Kier alpha value is -3.38. The van der Waals surface area contributed by atoms with Crippen LogP contribution in [0.25, 0.3) is 33.0 Å². The number of aromatic nitrogens is 2. The second-order valence-electron chi connectivity index (χ2n) is 5.63. The fraction of sp³-hybridized carbons (Fsp3) is 0. The number of nitrogens with zero attached hydrogens (tertiary/aromatic N) is 3. The van der Waals surface area contributed by atoms with E-state index in [0.29, 0.717) is 0 Å². The predicted molar refractivity (Wildman–Crippen MR) is 103 cm³/mol. The molecule has 2 heterocycles. The van der Waals surface area contributed by atoms with Crippen molar-refractivity contribution in [3.8, 4) is 33.0 Å². The Morgan fingerprint density at radius 3 is 2.38 bits per heavy atom. The van der Waals surface area contributed by atoms with Crippen molar-refractivity contribution < 1.29 is 4.92 Å². The lowest BCUT2D eigenvalue weighted by Crippen LogP contribution is -1.88. The van der Waals surface area contributed by atoms with Crippen LogP contribution in [0.1, 0.15) is 0 Å². The summed E-state index contributed by atoms with van der Waals surface area (Å²) in [6, 6.07) is 18.5. The van der Waals surface area contributed by atoms with Gasteiger partial charge >= 0.3 is 0 Å². The Morgan fingerprint density at radius 2 is 1.65 bits per heavy atom. The van der Waals surface area contributed by atoms with E-state index in [1.54, 1.807) is 18.3 Å². The van der Waals surface area contributed by atoms with Gasteiger partial charge in [0.15, 0.2) is 0 Å². The molecule has 2 aromatic carbocycles. The summed E-state index contributed by atoms with van der Waals surface area (Å²) >= 11 is 1.53. The van der Waals surface area contributed by atoms with Crippen LogP contribution in [0.15, 0.2) is 78.4 Å². The van der Waals surface area contributed by atoms with E-state index in [1.165, 1.54) is 23.5 Å². The monoisotopic (exact) mass is 359 g/mol. The fourth-order valence-electron chi connectivity index (χ4n) is 2.72. The Labute approximate surface area is 153 Å². The summed E-state index contributed by atoms with van der Waals surface area (Å²) in [7, 11) is 0. The molecule has 4 aromatic rings. The summed E-state index contributed by atoms with van der Waals surface area (Å²) in [6.45, 7) is 0. The minimum Gasteiger partial charge on any atom is -0.264 e. The maximum atomic E-state index is 10.8. The Morgan fingerprint density at radius 1 is 0.885 bits per heavy atom. The number of nitro benzene ring substituents is 1. The molecule has 0 unspecified atom stereocenters. The van der Waals surface area contributed by atoms with E-state index < -0.39 is 4.92 Å². The molecule has 0 spiro atoms. The van der Waals surface area contributed by atoms with Gasteiger partial charge in [-0.15, -0.1) is 11.3 Å². The smallest absolute Gasteiger partial charge is 0.264 e. The highest BCUT2D eigenvalue weighted by molar-refractivity contribution is 7.13. The van der Waals surface area contributed by atoms with Crippen LogP contribution in [0, 0.1) is 10.1 Å². The summed E-state index contributed by atoms with van der Waals surface area (Å²) in [5, 5.41) is 13.6. The van der Waals surface area contributed by atoms with Crippen molar-refractivity contribution in [1.82, 2.24) is 9.97 Å². The Balaban J connectivity index is 1.72. The normalized spacial score (nSPS) is 10.6. The van der Waals surface area contributed by atoms with Crippen LogP contribution < -0.4 is 0 Å². The predicted octanol–water partition coefficient (Wildman–Crippen LogP) is 5.45. The lowest BCUT2D eigenvalue weighted by molar-refractivity contribution is -0.384. The summed E-state index contributed by atoms with van der Waals surface area (Å²) in [6.07, 6.45) is 3.59. The topological polar surface area (TPSA) is 68.9 Å². The third-order valence-electron chi connectivity index (χ3n) is 4.01. The highest BCUT2D eigenvalue weighted by atomic mass is 32.1. The summed E-state index contributed by atoms with van der Waals surface area (Å²) in [4.78, 5) is 19.4. The summed E-state index contributed by atoms with van der Waals surface area (Å²) < 4.78 is 0. The zero-order chi connectivity index (χ0) is 17.9. The number of rotatable bonds is 4. The number of benzene rings is 2. The molecule has 126 valence electrons. The van der Waals surface area contributed by atoms with Gasteiger partial charge in [0.2, 0.25) is 0 Å². The highest BCUT2D eigenvalue weighted by Gasteiger charge is 2.13. The molecule has 26 heavy (non-hydrogen) atoms. The first-order valence-electron chi connectivity index (χ1n) is 7.92. The SMILES string of the molecule is O=[N+]([O-])c1ccc(-c2csc(-c3cnccc3-c3ccccc3)n2)cc1. The number of thiazole rings is 1. The van der Waals surface area contributed by atoms with Gasteiger partial charge in [-0.05, 0) is 29.3 Å². The molecular formula is C20H13N3O2S. The standard InChI is InChI=1S/C20H13N3O2S/c24-23(25)16-8-6-15(7-9-16)19-13-26-20(22-19)18-12-21-11-10-17(18)14-4-2-1-3-5-14/h1-13H. The quantitative estimate of drug-likeness (QED) is 0.359. The molecule has 5 nitrogen and oxygen atoms in total. The molecule has 0 aliphatic heterocycles. The zero-order valence-electron chi connectivity index (χ0n) is 13.6. The van der Waals surface area contributed by atoms with E-state index in [9.17, 15) is 10.1 Å². The molecule has 0 N–H and O–H groups in total. The molecule has 4 rings (SSSR count). The molecule has 0 saturated heterocycles. The lowest BCUT2D eigenvalue weighted by atomic mass is 10.0. The average Bonchev–Trinajstić information content (AvgIpc) is 3.19. The first-order chi connectivity index (χ1) is 12.7. The molecule has 0 fully saturated rings. The number of hydrogen-bond donors (Lipinski definition) is 0. The third kappa shape index (κ3) is 3.10. The molecule has 2 aromatic heterocycles. The van der Waals surface area contributed by atoms with Crippen molar-refractivity contribution in [1.29, 1.82) is 0 Å². The molecule has 6 heteroatoms. The maximum Gasteiger partial charge on any atom is 0.269 e. The fourth-order valence-corrected chi connectivity index (χ4v) is 3.57. The summed E-state index contributed by atoms with van der Waals surface area (Å²) in [5.74, 6) is 0. The van der Waals surface area contributed by atoms with Gasteiger partial charge in [0.05, 0.1) is 10.6 Å². The second kappa shape index (κ2) is 6.85. The van der Waals surface area contributed by atoms with Gasteiger partial charge in [-0.25, -0.2) is 4.98 Å². The summed E-state index contributed by atoms with van der Waals surface area (Å²) in [5.41, 5.74) is 4.87. The van der Waals surface area contributed by atoms with E-state index in [2.05, 4.69) is 17.1 Å². The van der Waals surface area contributed by atoms with Crippen LogP contribution in [0.4, 0.5) is 5.69 Å². The Kier molecular flexibility index (Phi) is 4.25. The first kappa shape index (κ1) is 16.1. The third-order valence-corrected chi connectivity index (χ3v) is 4.89. The lowest BCUT2D eigenvalue weighted by Gasteiger charge is -2.06. The molecule has 0 saturated carbocycles. The van der Waals surface area contributed by atoms with Crippen molar-refractivity contribution in [2.45, 2.75) is 0 Å². The molecule has 0 amide bonds. The van der Waals surface area contributed by atoms with Gasteiger partial charge in [-0.1, -0.05) is 30.3 Å². The van der Waals surface area contributed by atoms with Gasteiger partial charge in [-0.2, -0.15) is 0 Å². The number of hydrogen-bond acceptors (Lipinski definition) is 5. The highest BCUT2D eigenvalue weighted by Crippen LogP contribution is 2.35. The maximum absolute atomic E-state index is 10.8. The van der Waals surface area contributed by atoms with Crippen LogP contribution >= 0.6 is 11.3 Å². The van der Waals surface area contributed by atoms with Crippen LogP contribution in [-0.4, -0.2) is 14.9 Å². The average molecular weight is 359 g/mol. The van der Waals surface area contributed by atoms with Crippen molar-refractivity contribution in [3.63, 3.8) is 0 Å². The van der Waals surface area contributed by atoms with Gasteiger partial charge in [0, 0.05) is 41.0 Å². The largest absolute Gasteiger partial charge is 0.269 e. The van der Waals surface area contributed by atoms with Crippen molar-refractivity contribution >= 4 is 17.0 Å². The van der Waals surface area contributed by atoms with Gasteiger partial charge in [0.25, 0.3) is 5.69 Å². The van der Waals surface area contributed by atoms with Crippen LogP contribution in [0.3, 0.4) is 0 Å². The first-order valence-corrected chi connectivity index (χ1v) is 8.80. The van der Waals surface area contributed by atoms with Crippen molar-refractivity contribution in [2.75, 3.05) is 0 Å². The Bertz CT molecular complexity index is 1060. The number of pyridine rings is 1. The van der Waals surface area contributed by atoms with Crippen molar-refractivity contribution in [3.05, 3.63) is 88.6 Å². The minimum absolute atomic E-state index is 0.0721. The zero-order valence-corrected chi connectivity index (χ0v) is 14.4. The van der Waals surface area contributed by atoms with Gasteiger partial charge in [-0.3, -0.25) is 15.1 Å². The van der Waals surface area contributed by atoms with E-state index in [-0.39, 0.29) is 5.69 Å². The van der Waals surface area contributed by atoms with Crippen LogP contribution in [0.2, 0.25) is 0 Å². The number of non-ortho nitro benzene ring substituents is 1. The molecular weight excluding hydrogens is 346 g/mol. The van der Waals surface area contributed by atoms with E-state index >= 15 is 0 Å². The molecule has 0 atom stereocenters.